The number of nitrogens with zero attached hydrogens (tertiary/aromatic N) is 2. The second-order valence-corrected chi connectivity index (χ2v) is 5.67. The number of hydrogen-bond acceptors (Lipinski definition) is 3. The molecule has 1 aromatic rings. The van der Waals surface area contributed by atoms with Gasteiger partial charge in [0.2, 0.25) is 5.91 Å². The van der Waals surface area contributed by atoms with Crippen molar-refractivity contribution >= 4 is 5.91 Å². The van der Waals surface area contributed by atoms with Gasteiger partial charge in [0, 0.05) is 50.3 Å². The molecule has 3 rings (SSSR count). The number of amides is 1. The van der Waals surface area contributed by atoms with E-state index in [0.717, 1.165) is 38.3 Å². The Labute approximate surface area is 112 Å². The van der Waals surface area contributed by atoms with Crippen molar-refractivity contribution < 1.29 is 4.79 Å². The number of primary amides is 1. The Hall–Kier alpha value is -1.62. The van der Waals surface area contributed by atoms with Crippen LogP contribution in [0.3, 0.4) is 0 Å². The molecule has 0 spiro atoms. The van der Waals surface area contributed by atoms with Crippen LogP contribution in [0, 0.1) is 5.92 Å². The molecule has 0 unspecified atom stereocenters. The maximum absolute atomic E-state index is 11.9. The molecule has 1 aromatic heterocycles. The van der Waals surface area contributed by atoms with Crippen molar-refractivity contribution in [3.63, 3.8) is 0 Å². The van der Waals surface area contributed by atoms with Gasteiger partial charge in [-0.3, -0.25) is 9.59 Å². The molecule has 19 heavy (non-hydrogen) atoms. The van der Waals surface area contributed by atoms with Crippen LogP contribution in [0.25, 0.3) is 0 Å². The van der Waals surface area contributed by atoms with E-state index in [1.165, 1.54) is 0 Å². The molecule has 2 atom stereocenters. The summed E-state index contributed by atoms with van der Waals surface area (Å²) in [7, 11) is 0. The standard InChI is InChI=1S/C14H19N3O2/c15-13(18)4-5-16-7-10-6-11(9-16)12-2-1-3-14(19)17(12)8-10/h1-3,10-11H,4-9H2,(H2,15,18)/t10-,11+/m0/s1. The summed E-state index contributed by atoms with van der Waals surface area (Å²) >= 11 is 0. The fourth-order valence-electron chi connectivity index (χ4n) is 3.45. The van der Waals surface area contributed by atoms with Gasteiger partial charge in [-0.1, -0.05) is 6.07 Å². The fourth-order valence-corrected chi connectivity index (χ4v) is 3.45. The van der Waals surface area contributed by atoms with Crippen LogP contribution in [0.15, 0.2) is 23.0 Å². The molecule has 0 radical (unpaired) electrons. The van der Waals surface area contributed by atoms with Gasteiger partial charge >= 0.3 is 0 Å². The molecular weight excluding hydrogens is 242 g/mol. The Kier molecular flexibility index (Phi) is 3.14. The van der Waals surface area contributed by atoms with Crippen LogP contribution in [-0.4, -0.2) is 35.0 Å². The smallest absolute Gasteiger partial charge is 0.250 e. The molecule has 2 N–H and O–H groups in total. The minimum Gasteiger partial charge on any atom is -0.370 e. The highest BCUT2D eigenvalue weighted by atomic mass is 16.1. The summed E-state index contributed by atoms with van der Waals surface area (Å²) in [6.07, 6.45) is 1.57. The molecule has 0 saturated carbocycles. The number of rotatable bonds is 3. The van der Waals surface area contributed by atoms with E-state index in [0.29, 0.717) is 18.3 Å². The predicted molar refractivity (Wildman–Crippen MR) is 71.8 cm³/mol. The van der Waals surface area contributed by atoms with Gasteiger partial charge in [0.05, 0.1) is 0 Å². The third-order valence-electron chi connectivity index (χ3n) is 4.23. The lowest BCUT2D eigenvalue weighted by Crippen LogP contribution is -2.47. The Morgan fingerprint density at radius 1 is 1.32 bits per heavy atom. The second kappa shape index (κ2) is 4.81. The summed E-state index contributed by atoms with van der Waals surface area (Å²) in [6, 6.07) is 5.53. The number of carbonyl (C=O) groups is 1. The predicted octanol–water partition coefficient (Wildman–Crippen LogP) is 0.143. The van der Waals surface area contributed by atoms with Crippen molar-refractivity contribution in [1.82, 2.24) is 9.47 Å². The van der Waals surface area contributed by atoms with Gasteiger partial charge in [0.1, 0.15) is 0 Å². The molecule has 0 aliphatic carbocycles. The first-order valence-electron chi connectivity index (χ1n) is 6.84. The monoisotopic (exact) mass is 261 g/mol. The lowest BCUT2D eigenvalue weighted by atomic mass is 9.83. The van der Waals surface area contributed by atoms with E-state index < -0.39 is 0 Å². The van der Waals surface area contributed by atoms with Gasteiger partial charge < -0.3 is 15.2 Å². The summed E-state index contributed by atoms with van der Waals surface area (Å²) in [6.45, 7) is 3.43. The third kappa shape index (κ3) is 2.42. The average molecular weight is 261 g/mol. The zero-order valence-electron chi connectivity index (χ0n) is 10.9. The SMILES string of the molecule is NC(=O)CCN1C[C@@H]2C[C@H](C1)c1cccc(=O)n1C2. The molecule has 0 aromatic carbocycles. The summed E-state index contributed by atoms with van der Waals surface area (Å²) in [5.41, 5.74) is 6.47. The summed E-state index contributed by atoms with van der Waals surface area (Å²) in [4.78, 5) is 25.1. The van der Waals surface area contributed by atoms with Gasteiger partial charge in [-0.25, -0.2) is 0 Å². The molecule has 2 aliphatic rings. The molecule has 5 nitrogen and oxygen atoms in total. The van der Waals surface area contributed by atoms with Gasteiger partial charge in [-0.05, 0) is 18.4 Å². The van der Waals surface area contributed by atoms with Crippen molar-refractivity contribution in [2.75, 3.05) is 19.6 Å². The van der Waals surface area contributed by atoms with Crippen LogP contribution in [-0.2, 0) is 11.3 Å². The Morgan fingerprint density at radius 3 is 2.95 bits per heavy atom. The molecule has 1 amide bonds. The van der Waals surface area contributed by atoms with Gasteiger partial charge in [-0.15, -0.1) is 0 Å². The van der Waals surface area contributed by atoms with Crippen LogP contribution in [0.1, 0.15) is 24.5 Å². The van der Waals surface area contributed by atoms with E-state index in [-0.39, 0.29) is 11.5 Å². The highest BCUT2D eigenvalue weighted by Crippen LogP contribution is 2.34. The molecule has 1 fully saturated rings. The minimum absolute atomic E-state index is 0.109. The molecule has 1 saturated heterocycles. The first kappa shape index (κ1) is 12.4. The molecule has 5 heteroatoms. The van der Waals surface area contributed by atoms with E-state index in [4.69, 9.17) is 5.73 Å². The van der Waals surface area contributed by atoms with Crippen molar-refractivity contribution in [3.8, 4) is 0 Å². The number of pyridine rings is 1. The quantitative estimate of drug-likeness (QED) is 0.841. The summed E-state index contributed by atoms with van der Waals surface area (Å²) in [5.74, 6) is 0.681. The molecular formula is C14H19N3O2. The van der Waals surface area contributed by atoms with E-state index in [1.807, 2.05) is 10.6 Å². The van der Waals surface area contributed by atoms with Gasteiger partial charge in [0.15, 0.2) is 0 Å². The van der Waals surface area contributed by atoms with E-state index in [9.17, 15) is 9.59 Å². The Morgan fingerprint density at radius 2 is 2.16 bits per heavy atom. The summed E-state index contributed by atoms with van der Waals surface area (Å²) in [5, 5.41) is 0. The van der Waals surface area contributed by atoms with Crippen LogP contribution in [0.2, 0.25) is 0 Å². The maximum Gasteiger partial charge on any atom is 0.250 e. The zero-order chi connectivity index (χ0) is 13.4. The lowest BCUT2D eigenvalue weighted by molar-refractivity contribution is -0.118. The molecule has 102 valence electrons. The molecule has 3 heterocycles. The number of hydrogen-bond donors (Lipinski definition) is 1. The Bertz CT molecular complexity index is 552. The zero-order valence-corrected chi connectivity index (χ0v) is 10.9. The third-order valence-corrected chi connectivity index (χ3v) is 4.23. The van der Waals surface area contributed by atoms with E-state index >= 15 is 0 Å². The second-order valence-electron chi connectivity index (χ2n) is 5.67. The maximum atomic E-state index is 11.9. The Balaban J connectivity index is 1.80. The highest BCUT2D eigenvalue weighted by Gasteiger charge is 2.34. The molecule has 2 bridgehead atoms. The van der Waals surface area contributed by atoms with Crippen LogP contribution in [0.4, 0.5) is 0 Å². The van der Waals surface area contributed by atoms with Crippen molar-refractivity contribution in [2.45, 2.75) is 25.3 Å². The van der Waals surface area contributed by atoms with E-state index in [2.05, 4.69) is 11.0 Å². The highest BCUT2D eigenvalue weighted by molar-refractivity contribution is 5.73. The van der Waals surface area contributed by atoms with E-state index in [1.54, 1.807) is 6.07 Å². The topological polar surface area (TPSA) is 68.3 Å². The number of nitrogens with two attached hydrogens (primary N) is 1. The molecule has 2 aliphatic heterocycles. The number of aromatic nitrogens is 1. The number of carbonyl (C=O) groups excluding carboxylic acids is 1. The van der Waals surface area contributed by atoms with Crippen LogP contribution in [0.5, 0.6) is 0 Å². The average Bonchev–Trinajstić information content (AvgIpc) is 2.38. The number of piperidine rings is 1. The summed E-state index contributed by atoms with van der Waals surface area (Å²) < 4.78 is 1.92. The fraction of sp³-hybridized carbons (Fsp3) is 0.571. The largest absolute Gasteiger partial charge is 0.370 e. The van der Waals surface area contributed by atoms with Crippen molar-refractivity contribution in [3.05, 3.63) is 34.2 Å². The minimum atomic E-state index is -0.243. The van der Waals surface area contributed by atoms with Crippen LogP contribution < -0.4 is 11.3 Å². The lowest BCUT2D eigenvalue weighted by Gasteiger charge is -2.42. The number of likely N-dealkylation sites (tertiary alicyclic amines) is 1. The van der Waals surface area contributed by atoms with Crippen LogP contribution >= 0.6 is 0 Å². The van der Waals surface area contributed by atoms with Gasteiger partial charge in [-0.2, -0.15) is 0 Å². The van der Waals surface area contributed by atoms with Crippen molar-refractivity contribution in [2.24, 2.45) is 11.7 Å². The first-order chi connectivity index (χ1) is 9.13. The first-order valence-corrected chi connectivity index (χ1v) is 6.84. The van der Waals surface area contributed by atoms with Gasteiger partial charge in [0.25, 0.3) is 5.56 Å². The normalized spacial score (nSPS) is 25.9. The van der Waals surface area contributed by atoms with Crippen molar-refractivity contribution in [1.29, 1.82) is 0 Å². The number of fused-ring (bicyclic) bond motifs is 4.